The third-order valence-corrected chi connectivity index (χ3v) is 5.17. The monoisotopic (exact) mass is 387 g/mol. The van der Waals surface area contributed by atoms with Gasteiger partial charge >= 0.3 is 0 Å². The molecular weight excluding hydrogens is 372 g/mol. The lowest BCUT2D eigenvalue weighted by molar-refractivity contribution is 0.544. The summed E-state index contributed by atoms with van der Waals surface area (Å²) in [5, 5.41) is 0. The van der Waals surface area contributed by atoms with Crippen LogP contribution < -0.4 is 5.56 Å². The molecule has 6 heteroatoms. The Labute approximate surface area is 164 Å². The minimum Gasteiger partial charge on any atom is -0.285 e. The summed E-state index contributed by atoms with van der Waals surface area (Å²) in [6.07, 6.45) is 7.56. The van der Waals surface area contributed by atoms with Crippen molar-refractivity contribution in [3.63, 3.8) is 0 Å². The minimum atomic E-state index is -0.702. The Kier molecular flexibility index (Phi) is 4.05. The van der Waals surface area contributed by atoms with Crippen LogP contribution in [0.15, 0.2) is 65.7 Å². The van der Waals surface area contributed by atoms with Crippen molar-refractivity contribution in [3.8, 4) is 11.1 Å². The number of pyridine rings is 1. The van der Waals surface area contributed by atoms with Gasteiger partial charge in [0.05, 0.1) is 12.7 Å². The minimum absolute atomic E-state index is 0.183. The van der Waals surface area contributed by atoms with Crippen molar-refractivity contribution in [1.29, 1.82) is 0 Å². The van der Waals surface area contributed by atoms with Gasteiger partial charge in [-0.2, -0.15) is 0 Å². The van der Waals surface area contributed by atoms with Crippen LogP contribution in [0, 0.1) is 11.6 Å². The van der Waals surface area contributed by atoms with Crippen LogP contribution in [0.1, 0.15) is 16.7 Å². The first-order valence-electron chi connectivity index (χ1n) is 9.18. The fourth-order valence-electron chi connectivity index (χ4n) is 3.67. The summed E-state index contributed by atoms with van der Waals surface area (Å²) in [5.74, 6) is -1.40. The Morgan fingerprint density at radius 2 is 1.83 bits per heavy atom. The Hall–Kier alpha value is -3.67. The molecule has 0 amide bonds. The third-order valence-electron chi connectivity index (χ3n) is 5.17. The Morgan fingerprint density at radius 3 is 2.66 bits per heavy atom. The lowest BCUT2D eigenvalue weighted by Gasteiger charge is -2.12. The summed E-state index contributed by atoms with van der Waals surface area (Å²) >= 11 is 0. The molecule has 1 aliphatic carbocycles. The summed E-state index contributed by atoms with van der Waals surface area (Å²) in [6, 6.07) is 11.8. The maximum atomic E-state index is 14.9. The zero-order valence-electron chi connectivity index (χ0n) is 15.3. The molecule has 5 rings (SSSR count). The van der Waals surface area contributed by atoms with E-state index in [1.54, 1.807) is 12.1 Å². The number of rotatable bonds is 3. The molecule has 1 aliphatic rings. The number of hydrogen-bond acceptors (Lipinski definition) is 3. The molecule has 4 aromatic rings. The Bertz CT molecular complexity index is 1340. The molecule has 0 N–H and O–H groups in total. The van der Waals surface area contributed by atoms with Gasteiger partial charge in [0.2, 0.25) is 0 Å². The van der Waals surface area contributed by atoms with Crippen LogP contribution in [0.2, 0.25) is 0 Å². The van der Waals surface area contributed by atoms with Crippen LogP contribution in [0.3, 0.4) is 0 Å². The number of benzene rings is 2. The SMILES string of the molecule is O=c1cnc2cccnc2n1Cc1c(F)cc(-c2ccc3c(c2)CC=C3)cc1F. The molecule has 0 saturated heterocycles. The largest absolute Gasteiger partial charge is 0.285 e. The molecule has 0 aliphatic heterocycles. The number of allylic oxidation sites excluding steroid dienone is 1. The van der Waals surface area contributed by atoms with Crippen molar-refractivity contribution in [3.05, 3.63) is 99.6 Å². The molecule has 0 atom stereocenters. The summed E-state index contributed by atoms with van der Waals surface area (Å²) in [7, 11) is 0. The van der Waals surface area contributed by atoms with Crippen LogP contribution in [0.4, 0.5) is 8.78 Å². The molecule has 0 saturated carbocycles. The van der Waals surface area contributed by atoms with Gasteiger partial charge in [0.25, 0.3) is 5.56 Å². The molecule has 0 fully saturated rings. The van der Waals surface area contributed by atoms with E-state index in [-0.39, 0.29) is 17.8 Å². The first-order chi connectivity index (χ1) is 14.1. The summed E-state index contributed by atoms with van der Waals surface area (Å²) in [5.41, 5.74) is 3.59. The van der Waals surface area contributed by atoms with E-state index in [1.165, 1.54) is 22.9 Å². The maximum absolute atomic E-state index is 14.9. The maximum Gasteiger partial charge on any atom is 0.270 e. The van der Waals surface area contributed by atoms with Crippen molar-refractivity contribution in [2.45, 2.75) is 13.0 Å². The number of hydrogen-bond donors (Lipinski definition) is 0. The Balaban J connectivity index is 1.57. The number of nitrogens with zero attached hydrogens (tertiary/aromatic N) is 3. The zero-order valence-corrected chi connectivity index (χ0v) is 15.3. The predicted octanol–water partition coefficient (Wildman–Crippen LogP) is 4.35. The van der Waals surface area contributed by atoms with Crippen LogP contribution in [0.25, 0.3) is 28.4 Å². The van der Waals surface area contributed by atoms with E-state index in [2.05, 4.69) is 16.0 Å². The molecule has 2 aromatic carbocycles. The molecule has 2 heterocycles. The summed E-state index contributed by atoms with van der Waals surface area (Å²) in [4.78, 5) is 20.4. The summed E-state index contributed by atoms with van der Waals surface area (Å²) in [6.45, 7) is -0.263. The molecule has 0 unspecified atom stereocenters. The highest BCUT2D eigenvalue weighted by Crippen LogP contribution is 2.29. The number of aromatic nitrogens is 3. The second-order valence-corrected chi connectivity index (χ2v) is 6.97. The van der Waals surface area contributed by atoms with Crippen LogP contribution in [0.5, 0.6) is 0 Å². The van der Waals surface area contributed by atoms with Gasteiger partial charge in [-0.3, -0.25) is 9.36 Å². The van der Waals surface area contributed by atoms with Gasteiger partial charge in [-0.25, -0.2) is 18.7 Å². The lowest BCUT2D eigenvalue weighted by atomic mass is 9.98. The van der Waals surface area contributed by atoms with Crippen molar-refractivity contribution in [2.24, 2.45) is 0 Å². The molecule has 29 heavy (non-hydrogen) atoms. The predicted molar refractivity (Wildman–Crippen MR) is 107 cm³/mol. The molecule has 142 valence electrons. The van der Waals surface area contributed by atoms with E-state index in [0.29, 0.717) is 11.1 Å². The van der Waals surface area contributed by atoms with E-state index in [0.717, 1.165) is 29.3 Å². The van der Waals surface area contributed by atoms with Crippen molar-refractivity contribution >= 4 is 17.2 Å². The standard InChI is InChI=1S/C23H15F2N3O/c24-19-10-17(16-7-6-14-3-1-4-15(14)9-16)11-20(25)18(19)13-28-22(29)12-27-21-5-2-8-26-23(21)28/h1-3,5-12H,4,13H2. The first-order valence-corrected chi connectivity index (χ1v) is 9.18. The second-order valence-electron chi connectivity index (χ2n) is 6.97. The van der Waals surface area contributed by atoms with Crippen molar-refractivity contribution in [2.75, 3.05) is 0 Å². The van der Waals surface area contributed by atoms with Crippen LogP contribution in [-0.4, -0.2) is 14.5 Å². The van der Waals surface area contributed by atoms with Gasteiger partial charge in [0.15, 0.2) is 5.65 Å². The highest BCUT2D eigenvalue weighted by atomic mass is 19.1. The molecule has 0 radical (unpaired) electrons. The molecule has 0 bridgehead atoms. The first kappa shape index (κ1) is 17.4. The van der Waals surface area contributed by atoms with Gasteiger partial charge < -0.3 is 0 Å². The fraction of sp³-hybridized carbons (Fsp3) is 0.0870. The number of fused-ring (bicyclic) bond motifs is 2. The van der Waals surface area contributed by atoms with Crippen molar-refractivity contribution in [1.82, 2.24) is 14.5 Å². The molecular formula is C23H15F2N3O. The average molecular weight is 387 g/mol. The van der Waals surface area contributed by atoms with Gasteiger partial charge in [0, 0.05) is 11.8 Å². The van der Waals surface area contributed by atoms with E-state index >= 15 is 0 Å². The second kappa shape index (κ2) is 6.74. The smallest absolute Gasteiger partial charge is 0.270 e. The molecule has 2 aromatic heterocycles. The van der Waals surface area contributed by atoms with E-state index < -0.39 is 17.2 Å². The Morgan fingerprint density at radius 1 is 1.00 bits per heavy atom. The lowest BCUT2D eigenvalue weighted by Crippen LogP contribution is -2.23. The topological polar surface area (TPSA) is 47.8 Å². The van der Waals surface area contributed by atoms with E-state index in [1.807, 2.05) is 24.3 Å². The van der Waals surface area contributed by atoms with Crippen LogP contribution in [-0.2, 0) is 13.0 Å². The van der Waals surface area contributed by atoms with Gasteiger partial charge in [-0.15, -0.1) is 0 Å². The van der Waals surface area contributed by atoms with Gasteiger partial charge in [0.1, 0.15) is 17.2 Å². The molecule has 0 spiro atoms. The van der Waals surface area contributed by atoms with Gasteiger partial charge in [-0.1, -0.05) is 30.4 Å². The average Bonchev–Trinajstić information content (AvgIpc) is 3.19. The highest BCUT2D eigenvalue weighted by molar-refractivity contribution is 5.71. The normalized spacial score (nSPS) is 12.5. The molecule has 4 nitrogen and oxygen atoms in total. The van der Waals surface area contributed by atoms with Crippen molar-refractivity contribution < 1.29 is 8.78 Å². The van der Waals surface area contributed by atoms with E-state index in [4.69, 9.17) is 0 Å². The zero-order chi connectivity index (χ0) is 20.0. The number of halogens is 2. The highest BCUT2D eigenvalue weighted by Gasteiger charge is 2.16. The fourth-order valence-corrected chi connectivity index (χ4v) is 3.67. The quantitative estimate of drug-likeness (QED) is 0.525. The third kappa shape index (κ3) is 3.02. The van der Waals surface area contributed by atoms with E-state index in [9.17, 15) is 13.6 Å². The van der Waals surface area contributed by atoms with Gasteiger partial charge in [-0.05, 0) is 52.9 Å². The summed E-state index contributed by atoms with van der Waals surface area (Å²) < 4.78 is 31.0. The van der Waals surface area contributed by atoms with Crippen LogP contribution >= 0.6 is 0 Å².